The van der Waals surface area contributed by atoms with Gasteiger partial charge in [0, 0.05) is 18.4 Å². The van der Waals surface area contributed by atoms with Crippen molar-refractivity contribution in [2.75, 3.05) is 6.54 Å². The van der Waals surface area contributed by atoms with Gasteiger partial charge in [0.15, 0.2) is 5.82 Å². The van der Waals surface area contributed by atoms with Gasteiger partial charge in [-0.3, -0.25) is 0 Å². The molecule has 0 unspecified atom stereocenters. The molecule has 1 N–H and O–H groups in total. The van der Waals surface area contributed by atoms with E-state index in [2.05, 4.69) is 15.5 Å². The highest BCUT2D eigenvalue weighted by Crippen LogP contribution is 2.32. The molecular formula is C12H19N3O. The van der Waals surface area contributed by atoms with Gasteiger partial charge in [-0.25, -0.2) is 0 Å². The van der Waals surface area contributed by atoms with Crippen LogP contribution in [0.25, 0.3) is 0 Å². The van der Waals surface area contributed by atoms with Crippen molar-refractivity contribution in [1.82, 2.24) is 15.5 Å². The molecule has 2 heterocycles. The largest absolute Gasteiger partial charge is 0.339 e. The maximum atomic E-state index is 5.34. The molecule has 0 amide bonds. The van der Waals surface area contributed by atoms with E-state index in [0.29, 0.717) is 12.0 Å². The van der Waals surface area contributed by atoms with Crippen LogP contribution in [-0.4, -0.2) is 22.7 Å². The summed E-state index contributed by atoms with van der Waals surface area (Å²) in [6.45, 7) is 1.13. The van der Waals surface area contributed by atoms with Gasteiger partial charge >= 0.3 is 0 Å². The molecule has 1 aromatic heterocycles. The van der Waals surface area contributed by atoms with E-state index in [4.69, 9.17) is 4.52 Å². The van der Waals surface area contributed by atoms with Gasteiger partial charge in [0.05, 0.1) is 0 Å². The Kier molecular flexibility index (Phi) is 2.91. The highest BCUT2D eigenvalue weighted by atomic mass is 16.5. The summed E-state index contributed by atoms with van der Waals surface area (Å²) in [4.78, 5) is 4.54. The van der Waals surface area contributed by atoms with Crippen LogP contribution in [0.15, 0.2) is 4.52 Å². The molecule has 0 radical (unpaired) electrons. The Labute approximate surface area is 95.8 Å². The van der Waals surface area contributed by atoms with Crippen LogP contribution in [0.4, 0.5) is 0 Å². The summed E-state index contributed by atoms with van der Waals surface area (Å²) in [6.07, 6.45) is 8.52. The zero-order valence-corrected chi connectivity index (χ0v) is 9.61. The zero-order chi connectivity index (χ0) is 10.8. The van der Waals surface area contributed by atoms with Gasteiger partial charge in [-0.05, 0) is 32.2 Å². The summed E-state index contributed by atoms with van der Waals surface area (Å²) < 4.78 is 5.34. The molecule has 0 bridgehead atoms. The van der Waals surface area contributed by atoms with Gasteiger partial charge in [0.25, 0.3) is 0 Å². The van der Waals surface area contributed by atoms with Crippen molar-refractivity contribution >= 4 is 0 Å². The van der Waals surface area contributed by atoms with E-state index in [1.807, 2.05) is 0 Å². The van der Waals surface area contributed by atoms with Gasteiger partial charge < -0.3 is 9.84 Å². The van der Waals surface area contributed by atoms with Gasteiger partial charge in [-0.1, -0.05) is 18.0 Å². The predicted octanol–water partition coefficient (Wildman–Crippen LogP) is 2.02. The van der Waals surface area contributed by atoms with Crippen LogP contribution in [0.1, 0.15) is 56.2 Å². The average Bonchev–Trinajstić information content (AvgIpc) is 2.99. The Bertz CT molecular complexity index is 338. The minimum atomic E-state index is 0.553. The highest BCUT2D eigenvalue weighted by molar-refractivity contribution is 4.99. The summed E-state index contributed by atoms with van der Waals surface area (Å²) in [5.74, 6) is 2.33. The van der Waals surface area contributed by atoms with E-state index in [1.54, 1.807) is 0 Å². The molecule has 0 aromatic carbocycles. The second-order valence-electron chi connectivity index (χ2n) is 5.03. The molecule has 1 aliphatic heterocycles. The number of nitrogens with zero attached hydrogens (tertiary/aromatic N) is 2. The van der Waals surface area contributed by atoms with Crippen LogP contribution in [-0.2, 0) is 6.42 Å². The Morgan fingerprint density at radius 1 is 1.19 bits per heavy atom. The first-order chi connectivity index (χ1) is 7.92. The summed E-state index contributed by atoms with van der Waals surface area (Å²) in [7, 11) is 0. The van der Waals surface area contributed by atoms with Crippen LogP contribution in [0.5, 0.6) is 0 Å². The molecule has 4 heteroatoms. The second kappa shape index (κ2) is 4.53. The van der Waals surface area contributed by atoms with Crippen LogP contribution in [0, 0.1) is 0 Å². The van der Waals surface area contributed by atoms with Crippen molar-refractivity contribution in [2.45, 2.75) is 56.9 Å². The van der Waals surface area contributed by atoms with E-state index < -0.39 is 0 Å². The summed E-state index contributed by atoms with van der Waals surface area (Å²) >= 11 is 0. The third-order valence-electron chi connectivity index (χ3n) is 3.79. The quantitative estimate of drug-likeness (QED) is 0.848. The lowest BCUT2D eigenvalue weighted by Crippen LogP contribution is -2.23. The molecule has 3 rings (SSSR count). The fourth-order valence-corrected chi connectivity index (χ4v) is 2.84. The van der Waals surface area contributed by atoms with Crippen molar-refractivity contribution in [1.29, 1.82) is 0 Å². The lowest BCUT2D eigenvalue weighted by Gasteiger charge is -2.04. The lowest BCUT2D eigenvalue weighted by atomic mass is 10.1. The first-order valence-electron chi connectivity index (χ1n) is 6.47. The molecule has 1 aromatic rings. The molecule has 4 nitrogen and oxygen atoms in total. The van der Waals surface area contributed by atoms with E-state index in [-0.39, 0.29) is 0 Å². The molecule has 1 atom stereocenters. The van der Waals surface area contributed by atoms with Crippen molar-refractivity contribution in [3.05, 3.63) is 11.7 Å². The van der Waals surface area contributed by atoms with Crippen LogP contribution >= 0.6 is 0 Å². The smallest absolute Gasteiger partial charge is 0.228 e. The maximum absolute atomic E-state index is 5.34. The SMILES string of the molecule is C1CCC(c2noc(C[C@H]3CCCN3)n2)C1. The van der Waals surface area contributed by atoms with Gasteiger partial charge in [-0.15, -0.1) is 0 Å². The van der Waals surface area contributed by atoms with Crippen molar-refractivity contribution in [2.24, 2.45) is 0 Å². The van der Waals surface area contributed by atoms with Gasteiger partial charge in [0.1, 0.15) is 0 Å². The van der Waals surface area contributed by atoms with Crippen LogP contribution < -0.4 is 5.32 Å². The minimum Gasteiger partial charge on any atom is -0.339 e. The standard InChI is InChI=1S/C12H19N3O/c1-2-5-9(4-1)12-14-11(16-15-12)8-10-6-3-7-13-10/h9-10,13H,1-8H2/t10-/m1/s1. The van der Waals surface area contributed by atoms with E-state index in [9.17, 15) is 0 Å². The Morgan fingerprint density at radius 2 is 2.06 bits per heavy atom. The first-order valence-corrected chi connectivity index (χ1v) is 6.47. The number of hydrogen-bond donors (Lipinski definition) is 1. The highest BCUT2D eigenvalue weighted by Gasteiger charge is 2.23. The van der Waals surface area contributed by atoms with Crippen LogP contribution in [0.3, 0.4) is 0 Å². The minimum absolute atomic E-state index is 0.553. The van der Waals surface area contributed by atoms with Crippen molar-refractivity contribution in [3.63, 3.8) is 0 Å². The Hall–Kier alpha value is -0.900. The Balaban J connectivity index is 1.62. The lowest BCUT2D eigenvalue weighted by molar-refractivity contribution is 0.357. The topological polar surface area (TPSA) is 51.0 Å². The van der Waals surface area contributed by atoms with E-state index in [0.717, 1.165) is 24.7 Å². The third kappa shape index (κ3) is 2.12. The summed E-state index contributed by atoms with van der Waals surface area (Å²) in [5.41, 5.74) is 0. The fourth-order valence-electron chi connectivity index (χ4n) is 2.84. The first kappa shape index (κ1) is 10.3. The van der Waals surface area contributed by atoms with Crippen molar-refractivity contribution in [3.8, 4) is 0 Å². The maximum Gasteiger partial charge on any atom is 0.228 e. The van der Waals surface area contributed by atoms with Crippen molar-refractivity contribution < 1.29 is 4.52 Å². The number of nitrogens with one attached hydrogen (secondary N) is 1. The predicted molar refractivity (Wildman–Crippen MR) is 60.2 cm³/mol. The van der Waals surface area contributed by atoms with Gasteiger partial charge in [-0.2, -0.15) is 4.98 Å². The number of aromatic nitrogens is 2. The summed E-state index contributed by atoms with van der Waals surface area (Å²) in [5, 5.41) is 7.58. The third-order valence-corrected chi connectivity index (χ3v) is 3.79. The molecule has 1 saturated heterocycles. The van der Waals surface area contributed by atoms with E-state index >= 15 is 0 Å². The van der Waals surface area contributed by atoms with Crippen LogP contribution in [0.2, 0.25) is 0 Å². The van der Waals surface area contributed by atoms with E-state index in [1.165, 1.54) is 38.5 Å². The monoisotopic (exact) mass is 221 g/mol. The molecule has 2 aliphatic rings. The molecule has 2 fully saturated rings. The average molecular weight is 221 g/mol. The molecule has 1 aliphatic carbocycles. The fraction of sp³-hybridized carbons (Fsp3) is 0.833. The second-order valence-corrected chi connectivity index (χ2v) is 5.03. The molecular weight excluding hydrogens is 202 g/mol. The number of hydrogen-bond acceptors (Lipinski definition) is 4. The number of rotatable bonds is 3. The van der Waals surface area contributed by atoms with Gasteiger partial charge in [0.2, 0.25) is 5.89 Å². The molecule has 0 spiro atoms. The summed E-state index contributed by atoms with van der Waals surface area (Å²) in [6, 6.07) is 0.553. The molecule has 88 valence electrons. The Morgan fingerprint density at radius 3 is 2.81 bits per heavy atom. The normalized spacial score (nSPS) is 26.6. The molecule has 1 saturated carbocycles. The molecule has 16 heavy (non-hydrogen) atoms. The zero-order valence-electron chi connectivity index (χ0n) is 9.61.